The van der Waals surface area contributed by atoms with E-state index in [-0.39, 0.29) is 0 Å². The van der Waals surface area contributed by atoms with Crippen LogP contribution < -0.4 is 0 Å². The zero-order chi connectivity index (χ0) is 16.3. The Bertz CT molecular complexity index is 626. The normalized spacial score (nSPS) is 10.2. The minimum atomic E-state index is 1.08. The van der Waals surface area contributed by atoms with Crippen LogP contribution in [0.1, 0.15) is 56.2 Å². The third-order valence-corrected chi connectivity index (χ3v) is 4.68. The Balaban J connectivity index is 1.90. The molecule has 0 aliphatic heterocycles. The highest BCUT2D eigenvalue weighted by Crippen LogP contribution is 2.17. The second kappa shape index (κ2) is 10.2. The summed E-state index contributed by atoms with van der Waals surface area (Å²) >= 11 is 1.86. The van der Waals surface area contributed by atoms with E-state index in [1.54, 1.807) is 0 Å². The van der Waals surface area contributed by atoms with Crippen LogP contribution in [0, 0.1) is 11.8 Å². The lowest BCUT2D eigenvalue weighted by Gasteiger charge is -2.01. The summed E-state index contributed by atoms with van der Waals surface area (Å²) in [5.74, 6) is 7.62. The van der Waals surface area contributed by atoms with E-state index in [4.69, 9.17) is 0 Å². The number of thioether (sulfide) groups is 1. The Labute approximate surface area is 145 Å². The smallest absolute Gasteiger partial charge is 0.0249 e. The molecule has 0 aliphatic rings. The van der Waals surface area contributed by atoms with Crippen molar-refractivity contribution < 1.29 is 0 Å². The molecule has 1 heteroatoms. The molecule has 0 spiro atoms. The van der Waals surface area contributed by atoms with E-state index in [0.29, 0.717) is 0 Å². The average molecular weight is 323 g/mol. The maximum atomic E-state index is 3.26. The summed E-state index contributed by atoms with van der Waals surface area (Å²) in [4.78, 5) is 1.31. The van der Waals surface area contributed by atoms with Crippen LogP contribution in [0.25, 0.3) is 0 Å². The molecular formula is C22H26S. The number of unbranched alkanes of at least 4 members (excludes halogenated alkanes) is 3. The summed E-state index contributed by atoms with van der Waals surface area (Å²) in [5, 5.41) is 0. The number of aryl methyl sites for hydroxylation is 1. The van der Waals surface area contributed by atoms with Gasteiger partial charge in [-0.3, -0.25) is 0 Å². The first-order valence-electron chi connectivity index (χ1n) is 8.65. The summed E-state index contributed by atoms with van der Waals surface area (Å²) in [5.41, 5.74) is 3.59. The fraction of sp³-hybridized carbons (Fsp3) is 0.364. The van der Waals surface area contributed by atoms with Gasteiger partial charge in [-0.1, -0.05) is 57.1 Å². The first-order valence-corrected chi connectivity index (χ1v) is 9.64. The van der Waals surface area contributed by atoms with Crippen LogP contribution in [0.4, 0.5) is 0 Å². The van der Waals surface area contributed by atoms with Crippen LogP contribution in [0.15, 0.2) is 53.4 Å². The first-order chi connectivity index (χ1) is 11.3. The Kier molecular flexibility index (Phi) is 7.84. The topological polar surface area (TPSA) is 0 Å². The van der Waals surface area contributed by atoms with Crippen molar-refractivity contribution in [2.45, 2.75) is 50.8 Å². The second-order valence-corrected chi connectivity index (χ2v) is 7.05. The molecule has 0 N–H and O–H groups in total. The van der Waals surface area contributed by atoms with Crippen molar-refractivity contribution in [3.63, 3.8) is 0 Å². The van der Waals surface area contributed by atoms with E-state index in [0.717, 1.165) is 16.9 Å². The zero-order valence-corrected chi connectivity index (χ0v) is 15.1. The number of hydrogen-bond donors (Lipinski definition) is 0. The van der Waals surface area contributed by atoms with Gasteiger partial charge in [0.15, 0.2) is 0 Å². The van der Waals surface area contributed by atoms with Gasteiger partial charge in [-0.15, -0.1) is 11.8 Å². The van der Waals surface area contributed by atoms with Crippen molar-refractivity contribution >= 4 is 11.8 Å². The Morgan fingerprint density at radius 2 is 1.35 bits per heavy atom. The predicted molar refractivity (Wildman–Crippen MR) is 103 cm³/mol. The van der Waals surface area contributed by atoms with Gasteiger partial charge in [0, 0.05) is 16.0 Å². The molecule has 120 valence electrons. The van der Waals surface area contributed by atoms with Crippen molar-refractivity contribution in [2.24, 2.45) is 0 Å². The molecule has 0 atom stereocenters. The van der Waals surface area contributed by atoms with E-state index in [2.05, 4.69) is 74.2 Å². The SMILES string of the molecule is CCCCCCc1ccc(C#Cc2ccc(SCC)cc2)cc1. The van der Waals surface area contributed by atoms with Gasteiger partial charge in [-0.2, -0.15) is 0 Å². The lowest BCUT2D eigenvalue weighted by molar-refractivity contribution is 0.667. The summed E-state index contributed by atoms with van der Waals surface area (Å²) in [6.45, 7) is 4.43. The van der Waals surface area contributed by atoms with Gasteiger partial charge >= 0.3 is 0 Å². The third-order valence-electron chi connectivity index (χ3n) is 3.79. The van der Waals surface area contributed by atoms with Crippen molar-refractivity contribution in [3.05, 3.63) is 65.2 Å². The van der Waals surface area contributed by atoms with Gasteiger partial charge in [0.05, 0.1) is 0 Å². The first kappa shape index (κ1) is 17.7. The molecular weight excluding hydrogens is 296 g/mol. The van der Waals surface area contributed by atoms with Crippen LogP contribution in [-0.4, -0.2) is 5.75 Å². The summed E-state index contributed by atoms with van der Waals surface area (Å²) in [6, 6.07) is 17.2. The van der Waals surface area contributed by atoms with Crippen molar-refractivity contribution in [3.8, 4) is 11.8 Å². The molecule has 0 amide bonds. The van der Waals surface area contributed by atoms with E-state index in [9.17, 15) is 0 Å². The fourth-order valence-corrected chi connectivity index (χ4v) is 3.12. The largest absolute Gasteiger partial charge is 0.126 e. The molecule has 0 unspecified atom stereocenters. The molecule has 0 aliphatic carbocycles. The van der Waals surface area contributed by atoms with Crippen LogP contribution in [0.5, 0.6) is 0 Å². The van der Waals surface area contributed by atoms with Gasteiger partial charge in [0.25, 0.3) is 0 Å². The maximum Gasteiger partial charge on any atom is 0.0249 e. The molecule has 2 aromatic rings. The minimum Gasteiger partial charge on any atom is -0.126 e. The van der Waals surface area contributed by atoms with Crippen molar-refractivity contribution in [1.82, 2.24) is 0 Å². The molecule has 0 bridgehead atoms. The van der Waals surface area contributed by atoms with Crippen LogP contribution in [0.2, 0.25) is 0 Å². The van der Waals surface area contributed by atoms with Gasteiger partial charge < -0.3 is 0 Å². The van der Waals surface area contributed by atoms with E-state index >= 15 is 0 Å². The third kappa shape index (κ3) is 6.55. The quantitative estimate of drug-likeness (QED) is 0.326. The lowest BCUT2D eigenvalue weighted by Crippen LogP contribution is -1.86. The standard InChI is InChI=1S/C22H26S/c1-3-5-6-7-8-19-9-11-20(12-10-19)13-14-21-15-17-22(18-16-21)23-4-2/h9-12,15-18H,3-8H2,1-2H3. The molecule has 0 fully saturated rings. The Morgan fingerprint density at radius 1 is 0.739 bits per heavy atom. The van der Waals surface area contributed by atoms with Crippen LogP contribution >= 0.6 is 11.8 Å². The lowest BCUT2D eigenvalue weighted by atomic mass is 10.0. The van der Waals surface area contributed by atoms with Crippen molar-refractivity contribution in [2.75, 3.05) is 5.75 Å². The second-order valence-electron chi connectivity index (χ2n) is 5.71. The van der Waals surface area contributed by atoms with Gasteiger partial charge in [-0.25, -0.2) is 0 Å². The van der Waals surface area contributed by atoms with E-state index in [1.165, 1.54) is 42.6 Å². The van der Waals surface area contributed by atoms with E-state index < -0.39 is 0 Å². The molecule has 2 aromatic carbocycles. The van der Waals surface area contributed by atoms with Crippen molar-refractivity contribution in [1.29, 1.82) is 0 Å². The molecule has 23 heavy (non-hydrogen) atoms. The minimum absolute atomic E-state index is 1.08. The summed E-state index contributed by atoms with van der Waals surface area (Å²) < 4.78 is 0. The average Bonchev–Trinajstić information content (AvgIpc) is 2.59. The van der Waals surface area contributed by atoms with Crippen LogP contribution in [-0.2, 0) is 6.42 Å². The molecule has 0 radical (unpaired) electrons. The maximum absolute atomic E-state index is 3.26. The number of rotatable bonds is 7. The van der Waals surface area contributed by atoms with Gasteiger partial charge in [0.2, 0.25) is 0 Å². The molecule has 0 saturated carbocycles. The Hall–Kier alpha value is -1.65. The Morgan fingerprint density at radius 3 is 1.91 bits per heavy atom. The number of hydrogen-bond acceptors (Lipinski definition) is 1. The van der Waals surface area contributed by atoms with E-state index in [1.807, 2.05) is 11.8 Å². The molecule has 0 saturated heterocycles. The van der Waals surface area contributed by atoms with Crippen LogP contribution in [0.3, 0.4) is 0 Å². The summed E-state index contributed by atoms with van der Waals surface area (Å²) in [7, 11) is 0. The zero-order valence-electron chi connectivity index (χ0n) is 14.3. The highest BCUT2D eigenvalue weighted by Gasteiger charge is 1.95. The highest BCUT2D eigenvalue weighted by molar-refractivity contribution is 7.99. The molecule has 0 nitrogen and oxygen atoms in total. The van der Waals surface area contributed by atoms with Gasteiger partial charge in [-0.05, 0) is 60.6 Å². The predicted octanol–water partition coefficient (Wildman–Crippen LogP) is 6.32. The monoisotopic (exact) mass is 322 g/mol. The molecule has 0 aromatic heterocycles. The molecule has 2 rings (SSSR count). The highest BCUT2D eigenvalue weighted by atomic mass is 32.2. The molecule has 0 heterocycles. The van der Waals surface area contributed by atoms with Gasteiger partial charge in [0.1, 0.15) is 0 Å². The number of benzene rings is 2. The fourth-order valence-electron chi connectivity index (χ4n) is 2.46. The summed E-state index contributed by atoms with van der Waals surface area (Å²) in [6.07, 6.45) is 6.46.